The Labute approximate surface area is 151 Å². The normalized spacial score (nSPS) is 11.4. The van der Waals surface area contributed by atoms with Crippen molar-refractivity contribution in [1.82, 2.24) is 25.3 Å². The summed E-state index contributed by atoms with van der Waals surface area (Å²) < 4.78 is 1.95. The quantitative estimate of drug-likeness (QED) is 0.261. The van der Waals surface area contributed by atoms with Crippen molar-refractivity contribution < 1.29 is 0 Å². The summed E-state index contributed by atoms with van der Waals surface area (Å²) in [7, 11) is 1.81. The number of rotatable bonds is 10. The number of guanidine groups is 1. The predicted molar refractivity (Wildman–Crippen MR) is 104 cm³/mol. The van der Waals surface area contributed by atoms with E-state index < -0.39 is 0 Å². The Morgan fingerprint density at radius 1 is 1.18 bits per heavy atom. The third kappa shape index (κ3) is 9.24. The summed E-state index contributed by atoms with van der Waals surface area (Å²) in [6.07, 6.45) is 5.96. The minimum absolute atomic E-state index is 0. The van der Waals surface area contributed by atoms with Crippen LogP contribution in [0.5, 0.6) is 0 Å². The third-order valence-corrected chi connectivity index (χ3v) is 3.48. The van der Waals surface area contributed by atoms with E-state index in [1.807, 2.05) is 30.2 Å². The molecule has 0 atom stereocenters. The number of aromatic nitrogens is 2. The van der Waals surface area contributed by atoms with Crippen LogP contribution < -0.4 is 10.6 Å². The SMILES string of the molecule is CCN(CC)CCCNC(=NC)NCCCn1cccn1.I. The summed E-state index contributed by atoms with van der Waals surface area (Å²) in [5, 5.41) is 10.9. The number of nitrogens with one attached hydrogen (secondary N) is 2. The predicted octanol–water partition coefficient (Wildman–Crippen LogP) is 1.79. The van der Waals surface area contributed by atoms with E-state index in [1.165, 1.54) is 0 Å². The van der Waals surface area contributed by atoms with Crippen molar-refractivity contribution >= 4 is 29.9 Å². The molecule has 0 unspecified atom stereocenters. The van der Waals surface area contributed by atoms with Crippen LogP contribution in [-0.2, 0) is 6.54 Å². The van der Waals surface area contributed by atoms with Crippen molar-refractivity contribution in [3.05, 3.63) is 18.5 Å². The molecular weight excluding hydrogens is 391 g/mol. The van der Waals surface area contributed by atoms with E-state index in [0.717, 1.165) is 58.1 Å². The number of halogens is 1. The second-order valence-electron chi connectivity index (χ2n) is 4.93. The first kappa shape index (κ1) is 21.2. The number of hydrogen-bond acceptors (Lipinski definition) is 3. The summed E-state index contributed by atoms with van der Waals surface area (Å²) in [4.78, 5) is 6.67. The topological polar surface area (TPSA) is 57.5 Å². The lowest BCUT2D eigenvalue weighted by molar-refractivity contribution is 0.300. The standard InChI is InChI=1S/C15H30N6.HI/c1-4-20(5-2)12-6-9-17-15(16-3)18-10-7-13-21-14-8-11-19-21;/h8,11,14H,4-7,9-10,12-13H2,1-3H3,(H2,16,17,18);1H. The van der Waals surface area contributed by atoms with E-state index in [1.54, 1.807) is 0 Å². The lowest BCUT2D eigenvalue weighted by atomic mass is 10.3. The number of aliphatic imine (C=N–C) groups is 1. The van der Waals surface area contributed by atoms with Crippen LogP contribution in [0.1, 0.15) is 26.7 Å². The van der Waals surface area contributed by atoms with Gasteiger partial charge in [-0.15, -0.1) is 24.0 Å². The largest absolute Gasteiger partial charge is 0.356 e. The van der Waals surface area contributed by atoms with Crippen LogP contribution >= 0.6 is 24.0 Å². The summed E-state index contributed by atoms with van der Waals surface area (Å²) in [5.74, 6) is 0.884. The van der Waals surface area contributed by atoms with Gasteiger partial charge in [0.05, 0.1) is 0 Å². The Hall–Kier alpha value is -0.830. The second-order valence-corrected chi connectivity index (χ2v) is 4.93. The zero-order chi connectivity index (χ0) is 15.3. The summed E-state index contributed by atoms with van der Waals surface area (Å²) in [5.41, 5.74) is 0. The highest BCUT2D eigenvalue weighted by atomic mass is 127. The number of aryl methyl sites for hydroxylation is 1. The zero-order valence-electron chi connectivity index (χ0n) is 14.1. The first-order valence-corrected chi connectivity index (χ1v) is 7.94. The molecule has 6 nitrogen and oxygen atoms in total. The Kier molecular flexibility index (Phi) is 13.3. The van der Waals surface area contributed by atoms with Gasteiger partial charge in [0, 0.05) is 39.1 Å². The third-order valence-electron chi connectivity index (χ3n) is 3.48. The van der Waals surface area contributed by atoms with Crippen LogP contribution in [0.25, 0.3) is 0 Å². The highest BCUT2D eigenvalue weighted by Gasteiger charge is 2.00. The minimum atomic E-state index is 0. The maximum absolute atomic E-state index is 4.24. The monoisotopic (exact) mass is 422 g/mol. The molecule has 0 aliphatic carbocycles. The molecule has 1 heterocycles. The number of nitrogens with zero attached hydrogens (tertiary/aromatic N) is 4. The molecule has 0 saturated heterocycles. The Morgan fingerprint density at radius 2 is 1.86 bits per heavy atom. The van der Waals surface area contributed by atoms with Crippen LogP contribution in [0.4, 0.5) is 0 Å². The fourth-order valence-corrected chi connectivity index (χ4v) is 2.15. The summed E-state index contributed by atoms with van der Waals surface area (Å²) in [6, 6.07) is 1.95. The lowest BCUT2D eigenvalue weighted by Gasteiger charge is -2.18. The van der Waals surface area contributed by atoms with Crippen molar-refractivity contribution in [2.24, 2.45) is 4.99 Å². The van der Waals surface area contributed by atoms with Crippen LogP contribution in [0.3, 0.4) is 0 Å². The van der Waals surface area contributed by atoms with Crippen LogP contribution in [0.15, 0.2) is 23.5 Å². The average Bonchev–Trinajstić information content (AvgIpc) is 3.02. The van der Waals surface area contributed by atoms with Gasteiger partial charge in [0.2, 0.25) is 0 Å². The van der Waals surface area contributed by atoms with Gasteiger partial charge in [0.1, 0.15) is 0 Å². The first-order valence-electron chi connectivity index (χ1n) is 7.94. The van der Waals surface area contributed by atoms with Crippen LogP contribution in [0.2, 0.25) is 0 Å². The number of hydrogen-bond donors (Lipinski definition) is 2. The van der Waals surface area contributed by atoms with Gasteiger partial charge in [0.25, 0.3) is 0 Å². The van der Waals surface area contributed by atoms with Crippen molar-refractivity contribution in [1.29, 1.82) is 0 Å². The smallest absolute Gasteiger partial charge is 0.190 e. The van der Waals surface area contributed by atoms with Gasteiger partial charge in [-0.3, -0.25) is 9.67 Å². The molecule has 0 aromatic carbocycles. The van der Waals surface area contributed by atoms with E-state index in [4.69, 9.17) is 0 Å². The van der Waals surface area contributed by atoms with Gasteiger partial charge in [-0.05, 0) is 38.5 Å². The molecule has 0 saturated carbocycles. The molecule has 0 radical (unpaired) electrons. The molecule has 0 spiro atoms. The fourth-order valence-electron chi connectivity index (χ4n) is 2.15. The van der Waals surface area contributed by atoms with Crippen LogP contribution in [-0.4, -0.2) is 60.4 Å². The van der Waals surface area contributed by atoms with Gasteiger partial charge in [-0.2, -0.15) is 5.10 Å². The van der Waals surface area contributed by atoms with Gasteiger partial charge < -0.3 is 15.5 Å². The van der Waals surface area contributed by atoms with E-state index in [-0.39, 0.29) is 24.0 Å². The van der Waals surface area contributed by atoms with E-state index >= 15 is 0 Å². The van der Waals surface area contributed by atoms with Crippen molar-refractivity contribution in [2.45, 2.75) is 33.2 Å². The highest BCUT2D eigenvalue weighted by molar-refractivity contribution is 14.0. The Bertz CT molecular complexity index is 375. The molecule has 0 amide bonds. The Balaban J connectivity index is 0.00000441. The van der Waals surface area contributed by atoms with Crippen molar-refractivity contribution in [2.75, 3.05) is 39.8 Å². The fraction of sp³-hybridized carbons (Fsp3) is 0.733. The first-order chi connectivity index (χ1) is 10.3. The van der Waals surface area contributed by atoms with E-state index in [9.17, 15) is 0 Å². The van der Waals surface area contributed by atoms with Gasteiger partial charge in [-0.25, -0.2) is 0 Å². The zero-order valence-corrected chi connectivity index (χ0v) is 16.4. The molecular formula is C15H31IN6. The van der Waals surface area contributed by atoms with Crippen molar-refractivity contribution in [3.63, 3.8) is 0 Å². The summed E-state index contributed by atoms with van der Waals surface area (Å²) in [6.45, 7) is 10.6. The Morgan fingerprint density at radius 3 is 2.41 bits per heavy atom. The molecule has 1 aromatic rings. The molecule has 1 aromatic heterocycles. The molecule has 0 fully saturated rings. The van der Waals surface area contributed by atoms with E-state index in [2.05, 4.69) is 39.5 Å². The minimum Gasteiger partial charge on any atom is -0.356 e. The maximum atomic E-state index is 4.24. The van der Waals surface area contributed by atoms with Gasteiger partial charge in [0.15, 0.2) is 5.96 Å². The molecule has 1 rings (SSSR count). The second kappa shape index (κ2) is 13.8. The van der Waals surface area contributed by atoms with Crippen molar-refractivity contribution in [3.8, 4) is 0 Å². The molecule has 0 bridgehead atoms. The molecule has 7 heteroatoms. The lowest BCUT2D eigenvalue weighted by Crippen LogP contribution is -2.39. The van der Waals surface area contributed by atoms with Gasteiger partial charge in [-0.1, -0.05) is 13.8 Å². The van der Waals surface area contributed by atoms with Crippen LogP contribution in [0, 0.1) is 0 Å². The molecule has 128 valence electrons. The molecule has 0 aliphatic heterocycles. The molecule has 0 aliphatic rings. The van der Waals surface area contributed by atoms with Gasteiger partial charge >= 0.3 is 0 Å². The van der Waals surface area contributed by atoms with E-state index in [0.29, 0.717) is 0 Å². The highest BCUT2D eigenvalue weighted by Crippen LogP contribution is 1.90. The average molecular weight is 422 g/mol. The summed E-state index contributed by atoms with van der Waals surface area (Å²) >= 11 is 0. The molecule has 2 N–H and O–H groups in total. The maximum Gasteiger partial charge on any atom is 0.190 e. The molecule has 22 heavy (non-hydrogen) atoms.